The number of carbonyl (C=O) groups is 2. The Labute approximate surface area is 170 Å². The van der Waals surface area contributed by atoms with E-state index in [1.807, 2.05) is 48.7 Å². The molecule has 0 radical (unpaired) electrons. The lowest BCUT2D eigenvalue weighted by atomic mass is 10.0. The van der Waals surface area contributed by atoms with Crippen molar-refractivity contribution in [3.63, 3.8) is 0 Å². The van der Waals surface area contributed by atoms with Crippen molar-refractivity contribution in [3.8, 4) is 6.07 Å². The smallest absolute Gasteiger partial charge is 0.309 e. The van der Waals surface area contributed by atoms with Crippen LogP contribution in [0.25, 0.3) is 0 Å². The third-order valence-corrected chi connectivity index (χ3v) is 5.28. The van der Waals surface area contributed by atoms with Crippen LogP contribution in [0.3, 0.4) is 0 Å². The van der Waals surface area contributed by atoms with E-state index >= 15 is 0 Å². The maximum Gasteiger partial charge on any atom is 0.309 e. The molecule has 1 aliphatic heterocycles. The first-order valence-corrected chi connectivity index (χ1v) is 9.69. The summed E-state index contributed by atoms with van der Waals surface area (Å²) in [6.07, 6.45) is 1.22. The Bertz CT molecular complexity index is 922. The summed E-state index contributed by atoms with van der Waals surface area (Å²) in [5, 5.41) is 12.4. The largest absolute Gasteiger partial charge is 0.455 e. The lowest BCUT2D eigenvalue weighted by Crippen LogP contribution is -2.29. The predicted molar refractivity (Wildman–Crippen MR) is 107 cm³/mol. The summed E-state index contributed by atoms with van der Waals surface area (Å²) in [6.45, 7) is 4.98. The fraction of sp³-hybridized carbons (Fsp3) is 0.409. The normalized spacial score (nSPS) is 14.2. The zero-order valence-electron chi connectivity index (χ0n) is 16.7. The first-order chi connectivity index (χ1) is 14.0. The molecular weight excluding hydrogens is 370 g/mol. The van der Waals surface area contributed by atoms with Crippen LogP contribution in [0.15, 0.2) is 30.3 Å². The van der Waals surface area contributed by atoms with Gasteiger partial charge in [-0.2, -0.15) is 5.26 Å². The van der Waals surface area contributed by atoms with Gasteiger partial charge in [-0.25, -0.2) is 0 Å². The minimum atomic E-state index is -0.464. The summed E-state index contributed by atoms with van der Waals surface area (Å²) >= 11 is 0. The molecule has 1 aromatic carbocycles. The van der Waals surface area contributed by atoms with Crippen LogP contribution >= 0.6 is 0 Å². The number of hydrogen-bond acceptors (Lipinski definition) is 5. The van der Waals surface area contributed by atoms with Gasteiger partial charge in [0.05, 0.1) is 11.5 Å². The van der Waals surface area contributed by atoms with Crippen LogP contribution in [0.2, 0.25) is 0 Å². The fourth-order valence-electron chi connectivity index (χ4n) is 3.45. The molecular formula is C22H25N3O4. The van der Waals surface area contributed by atoms with Crippen molar-refractivity contribution in [3.05, 3.63) is 52.7 Å². The second-order valence-electron chi connectivity index (χ2n) is 7.16. The third-order valence-electron chi connectivity index (χ3n) is 5.28. The van der Waals surface area contributed by atoms with Gasteiger partial charge in [0.1, 0.15) is 11.9 Å². The highest BCUT2D eigenvalue weighted by molar-refractivity contribution is 5.93. The SMILES string of the molecule is Cc1c(C#N)c(NC(=O)COC(=O)C2CCOCC2)n(Cc2ccccc2)c1C. The van der Waals surface area contributed by atoms with Crippen molar-refractivity contribution < 1.29 is 19.1 Å². The van der Waals surface area contributed by atoms with E-state index in [0.29, 0.717) is 44.0 Å². The summed E-state index contributed by atoms with van der Waals surface area (Å²) in [5.41, 5.74) is 3.19. The van der Waals surface area contributed by atoms with Crippen molar-refractivity contribution in [2.45, 2.75) is 33.2 Å². The molecule has 1 aliphatic rings. The van der Waals surface area contributed by atoms with Gasteiger partial charge < -0.3 is 19.4 Å². The molecule has 3 rings (SSSR count). The molecule has 2 aromatic rings. The van der Waals surface area contributed by atoms with Gasteiger partial charge in [-0.1, -0.05) is 30.3 Å². The van der Waals surface area contributed by atoms with E-state index in [0.717, 1.165) is 16.8 Å². The van der Waals surface area contributed by atoms with E-state index in [4.69, 9.17) is 9.47 Å². The van der Waals surface area contributed by atoms with Gasteiger partial charge in [0.15, 0.2) is 6.61 Å². The number of rotatable bonds is 6. The second kappa shape index (κ2) is 9.39. The average Bonchev–Trinajstić information content (AvgIpc) is 2.97. The topological polar surface area (TPSA) is 93.3 Å². The Hall–Kier alpha value is -3.11. The van der Waals surface area contributed by atoms with E-state index in [2.05, 4.69) is 11.4 Å². The van der Waals surface area contributed by atoms with Gasteiger partial charge in [-0.15, -0.1) is 0 Å². The highest BCUT2D eigenvalue weighted by Crippen LogP contribution is 2.27. The van der Waals surface area contributed by atoms with Crippen molar-refractivity contribution in [1.82, 2.24) is 4.57 Å². The molecule has 1 aromatic heterocycles. The fourth-order valence-corrected chi connectivity index (χ4v) is 3.45. The Morgan fingerprint density at radius 1 is 1.24 bits per heavy atom. The van der Waals surface area contributed by atoms with Crippen molar-refractivity contribution >= 4 is 17.7 Å². The van der Waals surface area contributed by atoms with Crippen LogP contribution in [0.5, 0.6) is 0 Å². The van der Waals surface area contributed by atoms with Gasteiger partial charge in [-0.3, -0.25) is 9.59 Å². The standard InChI is InChI=1S/C22H25N3O4/c1-15-16(2)25(13-17-6-4-3-5-7-17)21(19(15)12-23)24-20(26)14-29-22(27)18-8-10-28-11-9-18/h3-7,18H,8-11,13-14H2,1-2H3,(H,24,26). The lowest BCUT2D eigenvalue weighted by Gasteiger charge is -2.20. The average molecular weight is 395 g/mol. The number of nitrogens with zero attached hydrogens (tertiary/aromatic N) is 2. The molecule has 0 spiro atoms. The van der Waals surface area contributed by atoms with Crippen LogP contribution in [0, 0.1) is 31.1 Å². The maximum atomic E-state index is 12.5. The van der Waals surface area contributed by atoms with Crippen molar-refractivity contribution in [2.75, 3.05) is 25.1 Å². The Balaban J connectivity index is 1.71. The molecule has 1 N–H and O–H groups in total. The Morgan fingerprint density at radius 3 is 2.59 bits per heavy atom. The van der Waals surface area contributed by atoms with Crippen LogP contribution in [0.4, 0.5) is 5.82 Å². The van der Waals surface area contributed by atoms with Crippen LogP contribution < -0.4 is 5.32 Å². The molecule has 0 bridgehead atoms. The quantitative estimate of drug-likeness (QED) is 0.759. The predicted octanol–water partition coefficient (Wildman–Crippen LogP) is 2.93. The number of carbonyl (C=O) groups excluding carboxylic acids is 2. The third kappa shape index (κ3) is 4.84. The van der Waals surface area contributed by atoms with E-state index in [9.17, 15) is 14.9 Å². The molecule has 29 heavy (non-hydrogen) atoms. The molecule has 1 fully saturated rings. The Morgan fingerprint density at radius 2 is 1.93 bits per heavy atom. The highest BCUT2D eigenvalue weighted by atomic mass is 16.5. The molecule has 0 saturated carbocycles. The highest BCUT2D eigenvalue weighted by Gasteiger charge is 2.24. The molecule has 2 heterocycles. The van der Waals surface area contributed by atoms with Gasteiger partial charge in [0.2, 0.25) is 0 Å². The minimum Gasteiger partial charge on any atom is -0.455 e. The molecule has 7 nitrogen and oxygen atoms in total. The zero-order valence-corrected chi connectivity index (χ0v) is 16.7. The number of nitriles is 1. The van der Waals surface area contributed by atoms with Gasteiger partial charge in [-0.05, 0) is 37.8 Å². The summed E-state index contributed by atoms with van der Waals surface area (Å²) in [5.74, 6) is -0.638. The van der Waals surface area contributed by atoms with Crippen molar-refractivity contribution in [1.29, 1.82) is 5.26 Å². The maximum absolute atomic E-state index is 12.5. The molecule has 1 saturated heterocycles. The van der Waals surface area contributed by atoms with Gasteiger partial charge in [0, 0.05) is 25.5 Å². The van der Waals surface area contributed by atoms with E-state index in [1.54, 1.807) is 0 Å². The lowest BCUT2D eigenvalue weighted by molar-refractivity contribution is -0.154. The number of nitrogens with one attached hydrogen (secondary N) is 1. The van der Waals surface area contributed by atoms with E-state index < -0.39 is 5.91 Å². The van der Waals surface area contributed by atoms with E-state index in [-0.39, 0.29) is 18.5 Å². The first kappa shape index (κ1) is 20.6. The van der Waals surface area contributed by atoms with Gasteiger partial charge in [0.25, 0.3) is 5.91 Å². The molecule has 0 atom stereocenters. The number of hydrogen-bond donors (Lipinski definition) is 1. The zero-order chi connectivity index (χ0) is 20.8. The minimum absolute atomic E-state index is 0.224. The molecule has 152 valence electrons. The van der Waals surface area contributed by atoms with E-state index in [1.165, 1.54) is 0 Å². The van der Waals surface area contributed by atoms with Gasteiger partial charge >= 0.3 is 5.97 Å². The number of aromatic nitrogens is 1. The number of amides is 1. The number of esters is 1. The summed E-state index contributed by atoms with van der Waals surface area (Å²) in [6, 6.07) is 12.0. The first-order valence-electron chi connectivity index (χ1n) is 9.69. The number of benzene rings is 1. The molecule has 0 unspecified atom stereocenters. The van der Waals surface area contributed by atoms with Crippen LogP contribution in [-0.2, 0) is 25.6 Å². The van der Waals surface area contributed by atoms with Crippen molar-refractivity contribution in [2.24, 2.45) is 5.92 Å². The second-order valence-corrected chi connectivity index (χ2v) is 7.16. The summed E-state index contributed by atoms with van der Waals surface area (Å²) in [7, 11) is 0. The van der Waals surface area contributed by atoms with Crippen LogP contribution in [-0.4, -0.2) is 36.3 Å². The molecule has 7 heteroatoms. The molecule has 1 amide bonds. The number of anilines is 1. The number of ether oxygens (including phenoxy) is 2. The monoisotopic (exact) mass is 395 g/mol. The Kier molecular flexibility index (Phi) is 6.68. The molecule has 0 aliphatic carbocycles. The summed E-state index contributed by atoms with van der Waals surface area (Å²) < 4.78 is 12.3. The summed E-state index contributed by atoms with van der Waals surface area (Å²) in [4.78, 5) is 24.6. The van der Waals surface area contributed by atoms with Crippen LogP contribution in [0.1, 0.15) is 35.2 Å².